The Morgan fingerprint density at radius 3 is 2.58 bits per heavy atom. The molecule has 1 fully saturated rings. The highest BCUT2D eigenvalue weighted by Crippen LogP contribution is 2.25. The van der Waals surface area contributed by atoms with Crippen molar-refractivity contribution in [3.63, 3.8) is 0 Å². The molecule has 2 atom stereocenters. The maximum absolute atomic E-state index is 12.0. The molecule has 0 aliphatic carbocycles. The molecule has 0 unspecified atom stereocenters. The second-order valence-corrected chi connectivity index (χ2v) is 2.99. The first kappa shape index (κ1) is 9.73. The predicted octanol–water partition coefficient (Wildman–Crippen LogP) is 1.25. The van der Waals surface area contributed by atoms with Gasteiger partial charge in [-0.25, -0.2) is 0 Å². The highest BCUT2D eigenvalue weighted by Gasteiger charge is 2.43. The van der Waals surface area contributed by atoms with E-state index in [-0.39, 0.29) is 6.54 Å². The van der Waals surface area contributed by atoms with E-state index in [1.807, 2.05) is 0 Å². The molecule has 0 amide bonds. The number of alkyl halides is 3. The summed E-state index contributed by atoms with van der Waals surface area (Å²) in [7, 11) is 0. The minimum absolute atomic E-state index is 0.285. The molecular weight excluding hydrogens is 191 g/mol. The van der Waals surface area contributed by atoms with Crippen LogP contribution in [0.5, 0.6) is 0 Å². The molecule has 2 nitrogen and oxygen atoms in total. The minimum Gasteiger partial charge on any atom is -0.375 e. The van der Waals surface area contributed by atoms with Crippen molar-refractivity contribution in [3.05, 3.63) is 0 Å². The van der Waals surface area contributed by atoms with Crippen LogP contribution >= 0.6 is 12.2 Å². The van der Waals surface area contributed by atoms with E-state index in [0.717, 1.165) is 0 Å². The van der Waals surface area contributed by atoms with Gasteiger partial charge in [0.2, 0.25) is 0 Å². The predicted molar refractivity (Wildman–Crippen MR) is 41.0 cm³/mol. The monoisotopic (exact) mass is 199 g/mol. The fourth-order valence-corrected chi connectivity index (χ4v) is 1.03. The van der Waals surface area contributed by atoms with Crippen molar-refractivity contribution in [2.45, 2.75) is 25.3 Å². The number of morpholine rings is 1. The van der Waals surface area contributed by atoms with Crippen LogP contribution in [-0.4, -0.2) is 29.9 Å². The van der Waals surface area contributed by atoms with Crippen LogP contribution in [-0.2, 0) is 4.74 Å². The molecule has 0 aromatic rings. The molecule has 0 saturated carbocycles. The maximum Gasteiger partial charge on any atom is 0.416 e. The van der Waals surface area contributed by atoms with E-state index in [2.05, 4.69) is 10.1 Å². The second kappa shape index (κ2) is 3.18. The molecule has 70 valence electrons. The van der Waals surface area contributed by atoms with E-state index in [0.29, 0.717) is 4.99 Å². The fraction of sp³-hybridized carbons (Fsp3) is 0.833. The average Bonchev–Trinajstić information content (AvgIpc) is 1.92. The Hall–Kier alpha value is -0.360. The third-order valence-corrected chi connectivity index (χ3v) is 2.04. The summed E-state index contributed by atoms with van der Waals surface area (Å²) >= 11 is 4.70. The number of halogens is 3. The molecule has 0 spiro atoms. The standard InChI is InChI=1S/C6H8F3NOS/c1-3-5(12)10-2-4(11-3)6(7,8)9/h3-4H,2H2,1H3,(H,10,12)/t3-,4+/m1/s1. The lowest BCUT2D eigenvalue weighted by Crippen LogP contribution is -2.52. The van der Waals surface area contributed by atoms with Gasteiger partial charge in [0, 0.05) is 0 Å². The molecular formula is C6H8F3NOS. The van der Waals surface area contributed by atoms with Gasteiger partial charge >= 0.3 is 6.18 Å². The van der Waals surface area contributed by atoms with Gasteiger partial charge in [0.25, 0.3) is 0 Å². The summed E-state index contributed by atoms with van der Waals surface area (Å²) < 4.78 is 40.7. The van der Waals surface area contributed by atoms with Crippen molar-refractivity contribution in [1.29, 1.82) is 0 Å². The van der Waals surface area contributed by atoms with E-state index in [9.17, 15) is 13.2 Å². The lowest BCUT2D eigenvalue weighted by molar-refractivity contribution is -0.226. The number of rotatable bonds is 0. The molecule has 6 heteroatoms. The molecule has 1 saturated heterocycles. The number of nitrogens with one attached hydrogen (secondary N) is 1. The highest BCUT2D eigenvalue weighted by atomic mass is 32.1. The summed E-state index contributed by atoms with van der Waals surface area (Å²) in [5, 5.41) is 2.47. The van der Waals surface area contributed by atoms with Crippen LogP contribution in [0, 0.1) is 0 Å². The Balaban J connectivity index is 2.57. The van der Waals surface area contributed by atoms with Crippen molar-refractivity contribution >= 4 is 17.2 Å². The SMILES string of the molecule is C[C@H]1O[C@H](C(F)(F)F)CNC1=S. The molecule has 1 N–H and O–H groups in total. The summed E-state index contributed by atoms with van der Waals surface area (Å²) in [6, 6.07) is 0. The summed E-state index contributed by atoms with van der Waals surface area (Å²) in [5.41, 5.74) is 0. The van der Waals surface area contributed by atoms with E-state index < -0.39 is 18.4 Å². The van der Waals surface area contributed by atoms with E-state index in [1.165, 1.54) is 6.92 Å². The summed E-state index contributed by atoms with van der Waals surface area (Å²) in [5.74, 6) is 0. The molecule has 1 aliphatic heterocycles. The third-order valence-electron chi connectivity index (χ3n) is 1.56. The highest BCUT2D eigenvalue weighted by molar-refractivity contribution is 7.80. The van der Waals surface area contributed by atoms with Gasteiger partial charge in [-0.1, -0.05) is 12.2 Å². The lowest BCUT2D eigenvalue weighted by Gasteiger charge is -2.30. The van der Waals surface area contributed by atoms with Gasteiger partial charge in [-0.3, -0.25) is 0 Å². The molecule has 0 aromatic heterocycles. The van der Waals surface area contributed by atoms with Crippen molar-refractivity contribution in [1.82, 2.24) is 5.32 Å². The topological polar surface area (TPSA) is 21.3 Å². The normalized spacial score (nSPS) is 31.5. The first-order valence-electron chi connectivity index (χ1n) is 3.41. The van der Waals surface area contributed by atoms with E-state index in [4.69, 9.17) is 12.2 Å². The van der Waals surface area contributed by atoms with Crippen LogP contribution in [0.4, 0.5) is 13.2 Å². The smallest absolute Gasteiger partial charge is 0.375 e. The Morgan fingerprint density at radius 2 is 2.17 bits per heavy atom. The van der Waals surface area contributed by atoms with Gasteiger partial charge in [-0.15, -0.1) is 0 Å². The minimum atomic E-state index is -4.31. The first-order chi connectivity index (χ1) is 5.41. The van der Waals surface area contributed by atoms with Gasteiger partial charge in [-0.05, 0) is 6.92 Å². The quantitative estimate of drug-likeness (QED) is 0.593. The second-order valence-electron chi connectivity index (χ2n) is 2.55. The van der Waals surface area contributed by atoms with Gasteiger partial charge in [0.15, 0.2) is 6.10 Å². The summed E-state index contributed by atoms with van der Waals surface area (Å²) in [4.78, 5) is 0.329. The van der Waals surface area contributed by atoms with Gasteiger partial charge in [-0.2, -0.15) is 13.2 Å². The first-order valence-corrected chi connectivity index (χ1v) is 3.82. The lowest BCUT2D eigenvalue weighted by atomic mass is 10.2. The van der Waals surface area contributed by atoms with Crippen LogP contribution in [0.25, 0.3) is 0 Å². The van der Waals surface area contributed by atoms with Gasteiger partial charge in [0.1, 0.15) is 11.1 Å². The van der Waals surface area contributed by atoms with Gasteiger partial charge in [0.05, 0.1) is 6.54 Å². The number of hydrogen-bond acceptors (Lipinski definition) is 2. The molecule has 1 rings (SSSR count). The fourth-order valence-electron chi connectivity index (χ4n) is 0.886. The third kappa shape index (κ3) is 2.07. The molecule has 0 aromatic carbocycles. The molecule has 0 bridgehead atoms. The zero-order valence-electron chi connectivity index (χ0n) is 6.31. The largest absolute Gasteiger partial charge is 0.416 e. The molecule has 0 radical (unpaired) electrons. The summed E-state index contributed by atoms with van der Waals surface area (Å²) in [6.45, 7) is 1.21. The van der Waals surface area contributed by atoms with Crippen LogP contribution in [0.15, 0.2) is 0 Å². The molecule has 1 aliphatic rings. The Bertz CT molecular complexity index is 194. The van der Waals surface area contributed by atoms with Crippen LogP contribution in [0.3, 0.4) is 0 Å². The Morgan fingerprint density at radius 1 is 1.58 bits per heavy atom. The number of ether oxygens (including phenoxy) is 1. The van der Waals surface area contributed by atoms with E-state index >= 15 is 0 Å². The Kier molecular flexibility index (Phi) is 2.58. The zero-order chi connectivity index (χ0) is 9.35. The van der Waals surface area contributed by atoms with Crippen molar-refractivity contribution in [2.75, 3.05) is 6.54 Å². The van der Waals surface area contributed by atoms with Crippen LogP contribution < -0.4 is 5.32 Å². The van der Waals surface area contributed by atoms with E-state index in [1.54, 1.807) is 0 Å². The molecule has 12 heavy (non-hydrogen) atoms. The number of hydrogen-bond donors (Lipinski definition) is 1. The average molecular weight is 199 g/mol. The van der Waals surface area contributed by atoms with Crippen molar-refractivity contribution < 1.29 is 17.9 Å². The zero-order valence-corrected chi connectivity index (χ0v) is 7.13. The van der Waals surface area contributed by atoms with Crippen LogP contribution in [0.1, 0.15) is 6.92 Å². The molecule has 1 heterocycles. The van der Waals surface area contributed by atoms with Crippen LogP contribution in [0.2, 0.25) is 0 Å². The van der Waals surface area contributed by atoms with Gasteiger partial charge < -0.3 is 10.1 Å². The Labute approximate surface area is 73.1 Å². The number of thiocarbonyl (C=S) groups is 1. The van der Waals surface area contributed by atoms with Crippen molar-refractivity contribution in [3.8, 4) is 0 Å². The van der Waals surface area contributed by atoms with Crippen molar-refractivity contribution in [2.24, 2.45) is 0 Å². The summed E-state index contributed by atoms with van der Waals surface area (Å²) in [6.07, 6.45) is -6.70. The maximum atomic E-state index is 12.0.